The number of ether oxygens (including phenoxy) is 3. The van der Waals surface area contributed by atoms with Gasteiger partial charge in [0.2, 0.25) is 0 Å². The van der Waals surface area contributed by atoms with E-state index in [0.717, 1.165) is 25.7 Å². The second kappa shape index (κ2) is 9.98. The van der Waals surface area contributed by atoms with Crippen LogP contribution in [0.25, 0.3) is 0 Å². The lowest BCUT2D eigenvalue weighted by Gasteiger charge is -2.31. The second-order valence-electron chi connectivity index (χ2n) is 4.61. The quantitative estimate of drug-likeness (QED) is 0.248. The molecule has 0 bridgehead atoms. The van der Waals surface area contributed by atoms with E-state index in [1.54, 1.807) is 6.92 Å². The lowest BCUT2D eigenvalue weighted by molar-refractivity contribution is -0.363. The van der Waals surface area contributed by atoms with Gasteiger partial charge in [0.25, 0.3) is 0 Å². The van der Waals surface area contributed by atoms with Gasteiger partial charge in [-0.2, -0.15) is 0 Å². The van der Waals surface area contributed by atoms with Crippen LogP contribution in [0.2, 0.25) is 0 Å². The van der Waals surface area contributed by atoms with E-state index in [1.165, 1.54) is 0 Å². The molecule has 4 heteroatoms. The summed E-state index contributed by atoms with van der Waals surface area (Å²) < 4.78 is 16.7. The first kappa shape index (κ1) is 18.1. The molecule has 0 rings (SSSR count). The van der Waals surface area contributed by atoms with Gasteiger partial charge in [-0.3, -0.25) is 0 Å². The van der Waals surface area contributed by atoms with E-state index in [0.29, 0.717) is 25.2 Å². The zero-order valence-electron chi connectivity index (χ0n) is 12.8. The van der Waals surface area contributed by atoms with Gasteiger partial charge in [0.15, 0.2) is 0 Å². The molecule has 0 radical (unpaired) electrons. The Hall–Kier alpha value is -0.870. The maximum atomic E-state index is 11.7. The van der Waals surface area contributed by atoms with Crippen molar-refractivity contribution >= 4 is 5.97 Å². The van der Waals surface area contributed by atoms with Crippen LogP contribution in [0.3, 0.4) is 0 Å². The highest BCUT2D eigenvalue weighted by atomic mass is 16.9. The minimum absolute atomic E-state index is 0.344. The lowest BCUT2D eigenvalue weighted by Crippen LogP contribution is -2.41. The molecule has 0 aliphatic carbocycles. The Kier molecular flexibility index (Phi) is 9.53. The Morgan fingerprint density at radius 3 is 1.84 bits per heavy atom. The average molecular weight is 272 g/mol. The predicted molar refractivity (Wildman–Crippen MR) is 75.6 cm³/mol. The maximum Gasteiger partial charge on any atom is 0.337 e. The van der Waals surface area contributed by atoms with Gasteiger partial charge < -0.3 is 14.2 Å². The minimum atomic E-state index is -1.26. The smallest absolute Gasteiger partial charge is 0.337 e. The Labute approximate surface area is 117 Å². The molecule has 0 N–H and O–H groups in total. The predicted octanol–water partition coefficient (Wildman–Crippen LogP) is 3.80. The molecule has 112 valence electrons. The second-order valence-corrected chi connectivity index (χ2v) is 4.61. The standard InChI is InChI=1S/C15H28O4/c1-6-9-11-17-15(8-3,18-12-10-7-2)19-14(16)13(4)5/h4,6-12H2,1-3,5H3. The van der Waals surface area contributed by atoms with Crippen LogP contribution in [-0.4, -0.2) is 25.2 Å². The third-order valence-corrected chi connectivity index (χ3v) is 2.67. The fraction of sp³-hybridized carbons (Fsp3) is 0.800. The van der Waals surface area contributed by atoms with E-state index in [9.17, 15) is 4.79 Å². The Balaban J connectivity index is 4.62. The average Bonchev–Trinajstić information content (AvgIpc) is 2.38. The van der Waals surface area contributed by atoms with Crippen LogP contribution in [-0.2, 0) is 19.0 Å². The van der Waals surface area contributed by atoms with Gasteiger partial charge in [0.05, 0.1) is 13.2 Å². The topological polar surface area (TPSA) is 44.8 Å². The van der Waals surface area contributed by atoms with Gasteiger partial charge in [0.1, 0.15) is 0 Å². The summed E-state index contributed by atoms with van der Waals surface area (Å²) in [6.07, 6.45) is 4.30. The molecule has 0 spiro atoms. The molecule has 0 aromatic rings. The van der Waals surface area contributed by atoms with Crippen molar-refractivity contribution in [1.82, 2.24) is 0 Å². The first-order valence-electron chi connectivity index (χ1n) is 7.18. The van der Waals surface area contributed by atoms with Crippen molar-refractivity contribution in [3.8, 4) is 0 Å². The van der Waals surface area contributed by atoms with Crippen LogP contribution in [0.4, 0.5) is 0 Å². The first-order chi connectivity index (χ1) is 9.01. The molecule has 0 atom stereocenters. The fourth-order valence-electron chi connectivity index (χ4n) is 1.35. The largest absolute Gasteiger partial charge is 0.404 e. The maximum absolute atomic E-state index is 11.7. The number of rotatable bonds is 11. The molecular formula is C15H28O4. The normalized spacial score (nSPS) is 11.4. The first-order valence-corrected chi connectivity index (χ1v) is 7.18. The third-order valence-electron chi connectivity index (χ3n) is 2.67. The Morgan fingerprint density at radius 1 is 1.05 bits per heavy atom. The van der Waals surface area contributed by atoms with Gasteiger partial charge in [-0.05, 0) is 19.8 Å². The van der Waals surface area contributed by atoms with Gasteiger partial charge >= 0.3 is 11.9 Å². The van der Waals surface area contributed by atoms with Crippen LogP contribution in [0.5, 0.6) is 0 Å². The summed E-state index contributed by atoms with van der Waals surface area (Å²) >= 11 is 0. The fourth-order valence-corrected chi connectivity index (χ4v) is 1.35. The highest BCUT2D eigenvalue weighted by Gasteiger charge is 2.35. The molecule has 0 heterocycles. The molecule has 0 aromatic carbocycles. The molecule has 0 amide bonds. The number of carbonyl (C=O) groups excluding carboxylic acids is 1. The van der Waals surface area contributed by atoms with Crippen LogP contribution >= 0.6 is 0 Å². The number of hydrogen-bond acceptors (Lipinski definition) is 4. The summed E-state index contributed by atoms with van der Waals surface area (Å²) in [4.78, 5) is 11.7. The van der Waals surface area contributed by atoms with Crippen molar-refractivity contribution in [2.45, 2.75) is 65.8 Å². The molecule has 0 saturated carbocycles. The molecule has 0 aliphatic rings. The van der Waals surface area contributed by atoms with E-state index in [1.807, 2.05) is 6.92 Å². The molecule has 0 aliphatic heterocycles. The minimum Gasteiger partial charge on any atom is -0.404 e. The van der Waals surface area contributed by atoms with Gasteiger partial charge in [-0.25, -0.2) is 4.79 Å². The van der Waals surface area contributed by atoms with Crippen LogP contribution < -0.4 is 0 Å². The van der Waals surface area contributed by atoms with Crippen molar-refractivity contribution in [2.24, 2.45) is 0 Å². The zero-order chi connectivity index (χ0) is 14.7. The van der Waals surface area contributed by atoms with Crippen LogP contribution in [0, 0.1) is 0 Å². The SMILES string of the molecule is C=C(C)C(=O)OC(CC)(OCCCC)OCCCC. The van der Waals surface area contributed by atoms with E-state index in [4.69, 9.17) is 14.2 Å². The number of unbranched alkanes of at least 4 members (excludes halogenated alkanes) is 2. The number of carbonyl (C=O) groups is 1. The van der Waals surface area contributed by atoms with Gasteiger partial charge in [-0.15, -0.1) is 0 Å². The summed E-state index contributed by atoms with van der Waals surface area (Å²) in [7, 11) is 0. The molecule has 0 fully saturated rings. The van der Waals surface area contributed by atoms with Gasteiger partial charge in [-0.1, -0.05) is 40.2 Å². The van der Waals surface area contributed by atoms with Crippen molar-refractivity contribution in [2.75, 3.05) is 13.2 Å². The monoisotopic (exact) mass is 272 g/mol. The summed E-state index contributed by atoms with van der Waals surface area (Å²) in [6, 6.07) is 0. The van der Waals surface area contributed by atoms with Crippen molar-refractivity contribution in [1.29, 1.82) is 0 Å². The van der Waals surface area contributed by atoms with Crippen LogP contribution in [0.15, 0.2) is 12.2 Å². The molecule has 4 nitrogen and oxygen atoms in total. The van der Waals surface area contributed by atoms with E-state index >= 15 is 0 Å². The highest BCUT2D eigenvalue weighted by Crippen LogP contribution is 2.22. The van der Waals surface area contributed by atoms with Crippen molar-refractivity contribution in [3.63, 3.8) is 0 Å². The molecule has 0 saturated heterocycles. The van der Waals surface area contributed by atoms with Crippen LogP contribution in [0.1, 0.15) is 59.8 Å². The summed E-state index contributed by atoms with van der Waals surface area (Å²) in [5, 5.41) is 0. The van der Waals surface area contributed by atoms with Gasteiger partial charge in [0, 0.05) is 12.0 Å². The molecule has 19 heavy (non-hydrogen) atoms. The summed E-state index contributed by atoms with van der Waals surface area (Å²) in [5.74, 6) is -1.74. The van der Waals surface area contributed by atoms with E-state index in [2.05, 4.69) is 20.4 Å². The highest BCUT2D eigenvalue weighted by molar-refractivity contribution is 5.87. The number of esters is 1. The Morgan fingerprint density at radius 2 is 1.53 bits per heavy atom. The Bertz CT molecular complexity index is 263. The van der Waals surface area contributed by atoms with Crippen molar-refractivity contribution < 1.29 is 19.0 Å². The molecule has 0 unspecified atom stereocenters. The summed E-state index contributed by atoms with van der Waals surface area (Å²) in [5.41, 5.74) is 0.344. The number of hydrogen-bond donors (Lipinski definition) is 0. The summed E-state index contributed by atoms with van der Waals surface area (Å²) in [6.45, 7) is 12.3. The van der Waals surface area contributed by atoms with E-state index in [-0.39, 0.29) is 0 Å². The molecule has 0 aromatic heterocycles. The van der Waals surface area contributed by atoms with Crippen molar-refractivity contribution in [3.05, 3.63) is 12.2 Å². The lowest BCUT2D eigenvalue weighted by atomic mass is 10.3. The third kappa shape index (κ3) is 7.33. The molecular weight excluding hydrogens is 244 g/mol. The zero-order valence-corrected chi connectivity index (χ0v) is 12.8. The van der Waals surface area contributed by atoms with E-state index < -0.39 is 11.9 Å².